The Morgan fingerprint density at radius 3 is 2.50 bits per heavy atom. The predicted molar refractivity (Wildman–Crippen MR) is 102 cm³/mol. The van der Waals surface area contributed by atoms with E-state index in [1.165, 1.54) is 0 Å². The fraction of sp³-hybridized carbons (Fsp3) is 0.333. The van der Waals surface area contributed by atoms with Crippen molar-refractivity contribution in [3.05, 3.63) is 58.7 Å². The summed E-state index contributed by atoms with van der Waals surface area (Å²) in [5.74, 6) is -0.482. The van der Waals surface area contributed by atoms with E-state index in [1.807, 2.05) is 39.0 Å². The van der Waals surface area contributed by atoms with Gasteiger partial charge in [0.25, 0.3) is 5.91 Å². The Balaban J connectivity index is 2.24. The molecule has 0 saturated heterocycles. The SMILES string of the molecule is CCCOc1ccc(CCC(=O)O)cc1NC(=O)c1ccc(C)c(C)c1. The van der Waals surface area contributed by atoms with Crippen LogP contribution in [0.1, 0.15) is 46.8 Å². The van der Waals surface area contributed by atoms with Crippen LogP contribution in [0.15, 0.2) is 36.4 Å². The zero-order valence-electron chi connectivity index (χ0n) is 15.5. The van der Waals surface area contributed by atoms with Crippen LogP contribution in [0.2, 0.25) is 0 Å². The van der Waals surface area contributed by atoms with E-state index >= 15 is 0 Å². The number of rotatable bonds is 8. The molecule has 2 N–H and O–H groups in total. The summed E-state index contributed by atoms with van der Waals surface area (Å²) in [7, 11) is 0. The Bertz CT molecular complexity index is 799. The second-order valence-electron chi connectivity index (χ2n) is 6.33. The van der Waals surface area contributed by atoms with Gasteiger partial charge in [0.15, 0.2) is 0 Å². The number of amides is 1. The molecule has 0 heterocycles. The minimum atomic E-state index is -0.850. The fourth-order valence-electron chi connectivity index (χ4n) is 2.50. The van der Waals surface area contributed by atoms with Crippen molar-refractivity contribution in [2.45, 2.75) is 40.0 Å². The second kappa shape index (κ2) is 9.04. The molecule has 26 heavy (non-hydrogen) atoms. The van der Waals surface area contributed by atoms with Gasteiger partial charge in [0.1, 0.15) is 5.75 Å². The van der Waals surface area contributed by atoms with Gasteiger partial charge in [-0.25, -0.2) is 0 Å². The van der Waals surface area contributed by atoms with Crippen LogP contribution in [0.3, 0.4) is 0 Å². The summed E-state index contributed by atoms with van der Waals surface area (Å²) in [5.41, 5.74) is 4.15. The molecule has 0 fully saturated rings. The summed E-state index contributed by atoms with van der Waals surface area (Å²) < 4.78 is 5.72. The summed E-state index contributed by atoms with van der Waals surface area (Å²) in [4.78, 5) is 23.4. The number of anilines is 1. The quantitative estimate of drug-likeness (QED) is 0.737. The van der Waals surface area contributed by atoms with Crippen molar-refractivity contribution in [3.8, 4) is 5.75 Å². The standard InChI is InChI=1S/C21H25NO4/c1-4-11-26-19-9-6-16(7-10-20(23)24)13-18(19)22-21(25)17-8-5-14(2)15(3)12-17/h5-6,8-9,12-13H,4,7,10-11H2,1-3H3,(H,22,25)(H,23,24). The Hall–Kier alpha value is -2.82. The van der Waals surface area contributed by atoms with Gasteiger partial charge in [0.2, 0.25) is 0 Å². The van der Waals surface area contributed by atoms with E-state index in [-0.39, 0.29) is 12.3 Å². The topological polar surface area (TPSA) is 75.6 Å². The van der Waals surface area contributed by atoms with Crippen LogP contribution in [0.5, 0.6) is 5.75 Å². The van der Waals surface area contributed by atoms with Crippen LogP contribution in [-0.2, 0) is 11.2 Å². The van der Waals surface area contributed by atoms with Crippen LogP contribution in [0.4, 0.5) is 5.69 Å². The number of hydrogen-bond acceptors (Lipinski definition) is 3. The number of aliphatic carboxylic acids is 1. The van der Waals surface area contributed by atoms with Gasteiger partial charge in [-0.1, -0.05) is 19.1 Å². The Morgan fingerprint density at radius 1 is 1.08 bits per heavy atom. The maximum absolute atomic E-state index is 12.6. The summed E-state index contributed by atoms with van der Waals surface area (Å²) in [6, 6.07) is 11.0. The number of ether oxygens (including phenoxy) is 1. The van der Waals surface area contributed by atoms with Crippen molar-refractivity contribution < 1.29 is 19.4 Å². The number of hydrogen-bond donors (Lipinski definition) is 2. The lowest BCUT2D eigenvalue weighted by Gasteiger charge is -2.14. The van der Waals surface area contributed by atoms with Gasteiger partial charge in [-0.15, -0.1) is 0 Å². The highest BCUT2D eigenvalue weighted by atomic mass is 16.5. The van der Waals surface area contributed by atoms with Crippen molar-refractivity contribution >= 4 is 17.6 Å². The van der Waals surface area contributed by atoms with Crippen molar-refractivity contribution in [3.63, 3.8) is 0 Å². The molecule has 0 saturated carbocycles. The average Bonchev–Trinajstić information content (AvgIpc) is 2.61. The third kappa shape index (κ3) is 5.34. The second-order valence-corrected chi connectivity index (χ2v) is 6.33. The molecule has 0 radical (unpaired) electrons. The highest BCUT2D eigenvalue weighted by Crippen LogP contribution is 2.27. The van der Waals surface area contributed by atoms with E-state index < -0.39 is 5.97 Å². The van der Waals surface area contributed by atoms with E-state index in [1.54, 1.807) is 18.2 Å². The smallest absolute Gasteiger partial charge is 0.303 e. The zero-order valence-corrected chi connectivity index (χ0v) is 15.5. The Morgan fingerprint density at radius 2 is 1.85 bits per heavy atom. The first-order valence-electron chi connectivity index (χ1n) is 8.76. The molecular weight excluding hydrogens is 330 g/mol. The van der Waals surface area contributed by atoms with Crippen molar-refractivity contribution in [1.82, 2.24) is 0 Å². The monoisotopic (exact) mass is 355 g/mol. The van der Waals surface area contributed by atoms with E-state index in [0.29, 0.717) is 30.0 Å². The molecule has 0 aliphatic carbocycles. The number of carbonyl (C=O) groups is 2. The predicted octanol–water partition coefficient (Wildman–Crippen LogP) is 4.36. The molecule has 0 atom stereocenters. The van der Waals surface area contributed by atoms with E-state index in [2.05, 4.69) is 5.32 Å². The molecule has 2 aromatic carbocycles. The molecule has 0 unspecified atom stereocenters. The highest BCUT2D eigenvalue weighted by molar-refractivity contribution is 6.05. The van der Waals surface area contributed by atoms with Crippen molar-refractivity contribution in [2.75, 3.05) is 11.9 Å². The molecular formula is C21H25NO4. The lowest BCUT2D eigenvalue weighted by Crippen LogP contribution is -2.14. The summed E-state index contributed by atoms with van der Waals surface area (Å²) in [5, 5.41) is 11.8. The normalized spacial score (nSPS) is 10.4. The lowest BCUT2D eigenvalue weighted by atomic mass is 10.1. The van der Waals surface area contributed by atoms with Gasteiger partial charge in [-0.05, 0) is 67.6 Å². The summed E-state index contributed by atoms with van der Waals surface area (Å²) in [6.07, 6.45) is 1.29. The molecule has 2 aromatic rings. The van der Waals surface area contributed by atoms with E-state index in [9.17, 15) is 9.59 Å². The zero-order chi connectivity index (χ0) is 19.1. The molecule has 0 spiro atoms. The lowest BCUT2D eigenvalue weighted by molar-refractivity contribution is -0.136. The molecule has 1 amide bonds. The number of benzene rings is 2. The largest absolute Gasteiger partial charge is 0.491 e. The van der Waals surface area contributed by atoms with Crippen LogP contribution < -0.4 is 10.1 Å². The fourth-order valence-corrected chi connectivity index (χ4v) is 2.50. The minimum Gasteiger partial charge on any atom is -0.491 e. The average molecular weight is 355 g/mol. The van der Waals surface area contributed by atoms with Crippen molar-refractivity contribution in [1.29, 1.82) is 0 Å². The number of carboxylic acids is 1. The third-order valence-electron chi connectivity index (χ3n) is 4.15. The van der Waals surface area contributed by atoms with E-state index in [4.69, 9.17) is 9.84 Å². The molecule has 5 nitrogen and oxygen atoms in total. The van der Waals surface area contributed by atoms with Crippen LogP contribution in [-0.4, -0.2) is 23.6 Å². The highest BCUT2D eigenvalue weighted by Gasteiger charge is 2.12. The number of nitrogens with one attached hydrogen (secondary N) is 1. The maximum Gasteiger partial charge on any atom is 0.303 e. The molecule has 5 heteroatoms. The third-order valence-corrected chi connectivity index (χ3v) is 4.15. The van der Waals surface area contributed by atoms with E-state index in [0.717, 1.165) is 23.1 Å². The number of aryl methyl sites for hydroxylation is 3. The van der Waals surface area contributed by atoms with Gasteiger partial charge in [-0.3, -0.25) is 9.59 Å². The molecule has 0 aliphatic heterocycles. The first-order chi connectivity index (χ1) is 12.4. The van der Waals surface area contributed by atoms with Crippen LogP contribution in [0.25, 0.3) is 0 Å². The van der Waals surface area contributed by atoms with Gasteiger partial charge in [0, 0.05) is 12.0 Å². The molecule has 0 bridgehead atoms. The van der Waals surface area contributed by atoms with Crippen molar-refractivity contribution in [2.24, 2.45) is 0 Å². The first kappa shape index (κ1) is 19.5. The minimum absolute atomic E-state index is 0.0414. The Labute approximate surface area is 154 Å². The van der Waals surface area contributed by atoms with Crippen LogP contribution >= 0.6 is 0 Å². The first-order valence-corrected chi connectivity index (χ1v) is 8.76. The molecule has 0 aliphatic rings. The Kier molecular flexibility index (Phi) is 6.78. The van der Waals surface area contributed by atoms with Gasteiger partial charge in [0.05, 0.1) is 12.3 Å². The van der Waals surface area contributed by atoms with Gasteiger partial charge in [-0.2, -0.15) is 0 Å². The molecule has 138 valence electrons. The van der Waals surface area contributed by atoms with Crippen LogP contribution in [0, 0.1) is 13.8 Å². The summed E-state index contributed by atoms with van der Waals surface area (Å²) in [6.45, 7) is 6.52. The van der Waals surface area contributed by atoms with Gasteiger partial charge >= 0.3 is 5.97 Å². The number of carbonyl (C=O) groups excluding carboxylic acids is 1. The van der Waals surface area contributed by atoms with Gasteiger partial charge < -0.3 is 15.2 Å². The molecule has 2 rings (SSSR count). The maximum atomic E-state index is 12.6. The summed E-state index contributed by atoms with van der Waals surface area (Å²) >= 11 is 0. The molecule has 0 aromatic heterocycles. The number of carboxylic acid groups (broad SMARTS) is 1.